The largest absolute Gasteiger partial charge is 0.394 e. The Morgan fingerprint density at radius 1 is 0.867 bits per heavy atom. The molecular formula is C24H32N4O2. The number of rotatable bonds is 4. The maximum absolute atomic E-state index is 12.0. The zero-order chi connectivity index (χ0) is 21.3. The molecule has 1 fully saturated rings. The molecule has 1 saturated heterocycles. The summed E-state index contributed by atoms with van der Waals surface area (Å²) in [5.41, 5.74) is 4.27. The van der Waals surface area contributed by atoms with Gasteiger partial charge in [0.25, 0.3) is 0 Å². The van der Waals surface area contributed by atoms with Crippen molar-refractivity contribution < 1.29 is 9.90 Å². The van der Waals surface area contributed by atoms with Crippen LogP contribution in [0.1, 0.15) is 20.8 Å². The summed E-state index contributed by atoms with van der Waals surface area (Å²) < 4.78 is 0. The molecule has 0 atom stereocenters. The van der Waals surface area contributed by atoms with Gasteiger partial charge in [-0.15, -0.1) is 0 Å². The molecule has 2 aromatic carbocycles. The monoisotopic (exact) mass is 408 g/mol. The summed E-state index contributed by atoms with van der Waals surface area (Å²) in [6, 6.07) is 16.9. The number of anilines is 4. The highest BCUT2D eigenvalue weighted by Gasteiger charge is 2.29. The minimum atomic E-state index is -0.161. The third-order valence-electron chi connectivity index (χ3n) is 6.44. The van der Waals surface area contributed by atoms with Gasteiger partial charge >= 0.3 is 0 Å². The molecule has 2 aromatic rings. The van der Waals surface area contributed by atoms with Crippen molar-refractivity contribution >= 4 is 28.7 Å². The summed E-state index contributed by atoms with van der Waals surface area (Å²) in [6.07, 6.45) is 0. The number of aliphatic hydroxyl groups is 1. The van der Waals surface area contributed by atoms with Crippen molar-refractivity contribution in [2.75, 3.05) is 60.6 Å². The Morgan fingerprint density at radius 3 is 2.07 bits per heavy atom. The molecule has 6 heteroatoms. The molecule has 0 bridgehead atoms. The van der Waals surface area contributed by atoms with E-state index in [4.69, 9.17) is 0 Å². The molecule has 0 saturated carbocycles. The van der Waals surface area contributed by atoms with Gasteiger partial charge in [-0.2, -0.15) is 0 Å². The number of carbonyl (C=O) groups is 1. The van der Waals surface area contributed by atoms with E-state index in [1.54, 1.807) is 6.92 Å². The number of fused-ring (bicyclic) bond motifs is 1. The SMILES string of the molecule is CC(=O)N1CCN(c2ccc(N3CCN(C(C)(C)CO)CC3)cc2)c2ccccc21. The molecule has 160 valence electrons. The first-order valence-corrected chi connectivity index (χ1v) is 10.8. The predicted octanol–water partition coefficient (Wildman–Crippen LogP) is 3.08. The quantitative estimate of drug-likeness (QED) is 0.843. The van der Waals surface area contributed by atoms with Crippen LogP contribution in [0.3, 0.4) is 0 Å². The second-order valence-corrected chi connectivity index (χ2v) is 8.77. The smallest absolute Gasteiger partial charge is 0.223 e. The van der Waals surface area contributed by atoms with Crippen molar-refractivity contribution in [3.63, 3.8) is 0 Å². The predicted molar refractivity (Wildman–Crippen MR) is 123 cm³/mol. The number of para-hydroxylation sites is 2. The standard InChI is InChI=1S/C24H32N4O2/c1-19(30)27-16-17-28(23-7-5-4-6-22(23)27)21-10-8-20(9-11-21)25-12-14-26(15-13-25)24(2,3)18-29/h4-11,29H,12-18H2,1-3H3. The molecule has 0 spiro atoms. The Balaban J connectivity index is 1.48. The Labute approximate surface area is 179 Å². The van der Waals surface area contributed by atoms with E-state index < -0.39 is 0 Å². The van der Waals surface area contributed by atoms with Crippen LogP contribution in [0.15, 0.2) is 48.5 Å². The summed E-state index contributed by atoms with van der Waals surface area (Å²) in [4.78, 5) is 20.9. The number of nitrogens with zero attached hydrogens (tertiary/aromatic N) is 4. The van der Waals surface area contributed by atoms with E-state index in [0.29, 0.717) is 6.54 Å². The molecular weight excluding hydrogens is 376 g/mol. The van der Waals surface area contributed by atoms with Crippen LogP contribution in [0.25, 0.3) is 0 Å². The minimum absolute atomic E-state index is 0.0842. The van der Waals surface area contributed by atoms with E-state index >= 15 is 0 Å². The Morgan fingerprint density at radius 2 is 1.47 bits per heavy atom. The Bertz CT molecular complexity index is 888. The molecule has 2 aliphatic heterocycles. The van der Waals surface area contributed by atoms with Crippen LogP contribution in [0.5, 0.6) is 0 Å². The van der Waals surface area contributed by atoms with Gasteiger partial charge in [0.05, 0.1) is 18.0 Å². The molecule has 0 radical (unpaired) electrons. The van der Waals surface area contributed by atoms with Crippen LogP contribution in [0, 0.1) is 0 Å². The fraction of sp³-hybridized carbons (Fsp3) is 0.458. The van der Waals surface area contributed by atoms with Crippen molar-refractivity contribution in [3.8, 4) is 0 Å². The highest BCUT2D eigenvalue weighted by atomic mass is 16.3. The lowest BCUT2D eigenvalue weighted by atomic mass is 10.0. The van der Waals surface area contributed by atoms with E-state index in [0.717, 1.165) is 49.8 Å². The first kappa shape index (κ1) is 20.7. The van der Waals surface area contributed by atoms with Crippen LogP contribution in [-0.4, -0.2) is 67.3 Å². The Kier molecular flexibility index (Phi) is 5.71. The van der Waals surface area contributed by atoms with Crippen molar-refractivity contribution in [2.24, 2.45) is 0 Å². The normalized spacial score (nSPS) is 17.8. The fourth-order valence-electron chi connectivity index (χ4n) is 4.47. The van der Waals surface area contributed by atoms with E-state index in [1.807, 2.05) is 23.1 Å². The molecule has 0 aliphatic carbocycles. The van der Waals surface area contributed by atoms with Crippen LogP contribution in [-0.2, 0) is 4.79 Å². The number of aliphatic hydroxyl groups excluding tert-OH is 1. The van der Waals surface area contributed by atoms with Crippen LogP contribution in [0.2, 0.25) is 0 Å². The number of piperazine rings is 1. The van der Waals surface area contributed by atoms with E-state index in [1.165, 1.54) is 5.69 Å². The van der Waals surface area contributed by atoms with E-state index in [9.17, 15) is 9.90 Å². The van der Waals surface area contributed by atoms with Gasteiger partial charge < -0.3 is 19.8 Å². The number of hydrogen-bond acceptors (Lipinski definition) is 5. The molecule has 4 rings (SSSR count). The summed E-state index contributed by atoms with van der Waals surface area (Å²) in [6.45, 7) is 11.3. The highest BCUT2D eigenvalue weighted by Crippen LogP contribution is 2.38. The average molecular weight is 409 g/mol. The van der Waals surface area contributed by atoms with Gasteiger partial charge in [-0.3, -0.25) is 9.69 Å². The molecule has 1 amide bonds. The molecule has 2 aliphatic rings. The fourth-order valence-corrected chi connectivity index (χ4v) is 4.47. The second-order valence-electron chi connectivity index (χ2n) is 8.77. The van der Waals surface area contributed by atoms with Gasteiger partial charge in [0.2, 0.25) is 5.91 Å². The van der Waals surface area contributed by atoms with Crippen LogP contribution >= 0.6 is 0 Å². The number of amides is 1. The van der Waals surface area contributed by atoms with E-state index in [-0.39, 0.29) is 18.1 Å². The number of carbonyl (C=O) groups excluding carboxylic acids is 1. The topological polar surface area (TPSA) is 50.3 Å². The van der Waals surface area contributed by atoms with Gasteiger partial charge in [-0.05, 0) is 50.2 Å². The molecule has 0 unspecified atom stereocenters. The maximum Gasteiger partial charge on any atom is 0.223 e. The van der Waals surface area contributed by atoms with Gasteiger partial charge in [-0.25, -0.2) is 0 Å². The summed E-state index contributed by atoms with van der Waals surface area (Å²) in [7, 11) is 0. The molecule has 2 heterocycles. The zero-order valence-electron chi connectivity index (χ0n) is 18.2. The van der Waals surface area contributed by atoms with Crippen molar-refractivity contribution in [2.45, 2.75) is 26.3 Å². The lowest BCUT2D eigenvalue weighted by molar-refractivity contribution is -0.116. The summed E-state index contributed by atoms with van der Waals surface area (Å²) in [5, 5.41) is 9.62. The minimum Gasteiger partial charge on any atom is -0.394 e. The first-order valence-electron chi connectivity index (χ1n) is 10.8. The van der Waals surface area contributed by atoms with Gasteiger partial charge in [0.1, 0.15) is 0 Å². The number of hydrogen-bond donors (Lipinski definition) is 1. The summed E-state index contributed by atoms with van der Waals surface area (Å²) in [5.74, 6) is 0.0842. The van der Waals surface area contributed by atoms with Gasteiger partial charge in [0.15, 0.2) is 0 Å². The van der Waals surface area contributed by atoms with Crippen molar-refractivity contribution in [1.29, 1.82) is 0 Å². The maximum atomic E-state index is 12.0. The molecule has 0 aromatic heterocycles. The van der Waals surface area contributed by atoms with Crippen molar-refractivity contribution in [1.82, 2.24) is 4.90 Å². The van der Waals surface area contributed by atoms with Gasteiger partial charge in [-0.1, -0.05) is 12.1 Å². The third-order valence-corrected chi connectivity index (χ3v) is 6.44. The Hall–Kier alpha value is -2.57. The highest BCUT2D eigenvalue weighted by molar-refractivity contribution is 5.97. The average Bonchev–Trinajstić information content (AvgIpc) is 2.78. The van der Waals surface area contributed by atoms with Crippen molar-refractivity contribution in [3.05, 3.63) is 48.5 Å². The first-order chi connectivity index (χ1) is 14.4. The van der Waals surface area contributed by atoms with Gasteiger partial charge in [0, 0.05) is 63.1 Å². The van der Waals surface area contributed by atoms with Crippen LogP contribution < -0.4 is 14.7 Å². The molecule has 1 N–H and O–H groups in total. The molecule has 30 heavy (non-hydrogen) atoms. The van der Waals surface area contributed by atoms with E-state index in [2.05, 4.69) is 58.9 Å². The van der Waals surface area contributed by atoms with Crippen LogP contribution in [0.4, 0.5) is 22.7 Å². The lowest BCUT2D eigenvalue weighted by Gasteiger charge is -2.44. The second kappa shape index (κ2) is 8.28. The number of benzene rings is 2. The molecule has 6 nitrogen and oxygen atoms in total. The zero-order valence-corrected chi connectivity index (χ0v) is 18.2. The third kappa shape index (κ3) is 3.89. The lowest BCUT2D eigenvalue weighted by Crippen LogP contribution is -2.56. The summed E-state index contributed by atoms with van der Waals surface area (Å²) >= 11 is 0.